The smallest absolute Gasteiger partial charge is 0.394 e. The van der Waals surface area contributed by atoms with Crippen molar-refractivity contribution in [1.82, 2.24) is 5.32 Å². The summed E-state index contributed by atoms with van der Waals surface area (Å²) in [6.45, 7) is 3.18. The molecular weight excluding hydrogens is 719 g/mol. The monoisotopic (exact) mass is 796 g/mol. The molecule has 1 rings (SSSR count). The molecule has 1 heterocycles. The predicted octanol–water partition coefficient (Wildman–Crippen LogP) is 6.19. The van der Waals surface area contributed by atoms with Crippen LogP contribution < -0.4 is 5.32 Å². The van der Waals surface area contributed by atoms with Crippen molar-refractivity contribution in [3.63, 3.8) is 0 Å². The van der Waals surface area contributed by atoms with E-state index in [9.17, 15) is 38.7 Å². The molecule has 0 aromatic rings. The lowest BCUT2D eigenvalue weighted by Crippen LogP contribution is -2.61. The number of ether oxygens (including phenoxy) is 2. The van der Waals surface area contributed by atoms with Crippen LogP contribution in [0.4, 0.5) is 0 Å². The van der Waals surface area contributed by atoms with Crippen LogP contribution in [-0.4, -0.2) is 107 Å². The number of amides is 1. The van der Waals surface area contributed by atoms with Gasteiger partial charge in [-0.05, 0) is 19.3 Å². The minimum Gasteiger partial charge on any atom is -0.394 e. The van der Waals surface area contributed by atoms with Gasteiger partial charge in [-0.15, -0.1) is 0 Å². The molecule has 1 fully saturated rings. The molecular formula is C40H77NO12S. The van der Waals surface area contributed by atoms with E-state index in [2.05, 4.69) is 23.3 Å². The van der Waals surface area contributed by atoms with Crippen LogP contribution in [0.25, 0.3) is 0 Å². The fraction of sp³-hybridized carbons (Fsp3) is 0.925. The minimum atomic E-state index is -5.11. The number of carbonyl (C=O) groups is 1. The van der Waals surface area contributed by atoms with Gasteiger partial charge in [0.05, 0.1) is 25.4 Å². The van der Waals surface area contributed by atoms with Gasteiger partial charge in [-0.3, -0.25) is 9.35 Å². The van der Waals surface area contributed by atoms with Crippen molar-refractivity contribution in [2.75, 3.05) is 13.2 Å². The molecule has 1 aliphatic rings. The standard InChI is InChI=1S/C40H77NO12S/c1-3-5-7-9-11-13-15-17-19-20-22-24-26-28-33(43)32(31-51-40-37(46)38(53-54(48,49)50)36(45)35(30-42)52-40)41-39(47)34(44)29-27-25-23-21-18-16-14-12-10-8-6-4-2/h26,28,32-38,40,42-46H,3-25,27,29-31H2,1-2H3,(H,41,47)(H,48,49,50)/b28-26+. The Balaban J connectivity index is 2.66. The van der Waals surface area contributed by atoms with Crippen molar-refractivity contribution in [3.05, 3.63) is 12.2 Å². The summed E-state index contributed by atoms with van der Waals surface area (Å²) in [7, 11) is -5.11. The molecule has 54 heavy (non-hydrogen) atoms. The summed E-state index contributed by atoms with van der Waals surface area (Å²) in [6, 6.07) is -1.11. The van der Waals surface area contributed by atoms with Gasteiger partial charge in [0, 0.05) is 0 Å². The topological polar surface area (TPSA) is 212 Å². The van der Waals surface area contributed by atoms with Crippen molar-refractivity contribution in [1.29, 1.82) is 0 Å². The van der Waals surface area contributed by atoms with Gasteiger partial charge in [-0.2, -0.15) is 8.42 Å². The quantitative estimate of drug-likeness (QED) is 0.0218. The number of hydrogen-bond acceptors (Lipinski definition) is 11. The second-order valence-electron chi connectivity index (χ2n) is 15.1. The normalized spacial score (nSPS) is 22.4. The molecule has 0 radical (unpaired) electrons. The summed E-state index contributed by atoms with van der Waals surface area (Å²) >= 11 is 0. The Morgan fingerprint density at radius 1 is 0.741 bits per heavy atom. The zero-order valence-electron chi connectivity index (χ0n) is 33.4. The van der Waals surface area contributed by atoms with Gasteiger partial charge in [0.1, 0.15) is 30.5 Å². The Kier molecular flexibility index (Phi) is 30.0. The molecule has 1 saturated heterocycles. The van der Waals surface area contributed by atoms with Crippen LogP contribution in [-0.2, 0) is 28.9 Å². The third kappa shape index (κ3) is 24.4. The van der Waals surface area contributed by atoms with Crippen molar-refractivity contribution in [2.45, 2.75) is 223 Å². The maximum Gasteiger partial charge on any atom is 0.397 e. The van der Waals surface area contributed by atoms with E-state index < -0.39 is 78.5 Å². The van der Waals surface area contributed by atoms with E-state index in [1.54, 1.807) is 0 Å². The van der Waals surface area contributed by atoms with Crippen molar-refractivity contribution < 1.29 is 57.0 Å². The highest BCUT2D eigenvalue weighted by molar-refractivity contribution is 7.80. The second-order valence-corrected chi connectivity index (χ2v) is 16.1. The third-order valence-corrected chi connectivity index (χ3v) is 10.6. The van der Waals surface area contributed by atoms with E-state index >= 15 is 0 Å². The van der Waals surface area contributed by atoms with Crippen LogP contribution in [0.15, 0.2) is 12.2 Å². The average molecular weight is 796 g/mol. The van der Waals surface area contributed by atoms with E-state index in [4.69, 9.17) is 14.0 Å². The van der Waals surface area contributed by atoms with Crippen molar-refractivity contribution in [3.8, 4) is 0 Å². The number of aliphatic hydroxyl groups is 5. The van der Waals surface area contributed by atoms with Crippen LogP contribution in [0.5, 0.6) is 0 Å². The minimum absolute atomic E-state index is 0.247. The Labute approximate surface area is 326 Å². The molecule has 0 aromatic heterocycles. The lowest BCUT2D eigenvalue weighted by Gasteiger charge is -2.41. The Morgan fingerprint density at radius 2 is 1.20 bits per heavy atom. The van der Waals surface area contributed by atoms with Crippen LogP contribution in [0, 0.1) is 0 Å². The molecule has 0 spiro atoms. The molecule has 8 atom stereocenters. The molecule has 1 amide bonds. The number of unbranched alkanes of at least 4 members (excludes halogenated alkanes) is 22. The second kappa shape index (κ2) is 31.8. The molecule has 0 saturated carbocycles. The van der Waals surface area contributed by atoms with Crippen LogP contribution >= 0.6 is 0 Å². The first-order valence-electron chi connectivity index (χ1n) is 21.2. The van der Waals surface area contributed by atoms with Gasteiger partial charge in [0.2, 0.25) is 5.91 Å². The first-order chi connectivity index (χ1) is 25.9. The third-order valence-electron chi connectivity index (χ3n) is 10.2. The molecule has 8 unspecified atom stereocenters. The van der Waals surface area contributed by atoms with Gasteiger partial charge in [0.25, 0.3) is 0 Å². The number of carbonyl (C=O) groups excluding carboxylic acids is 1. The van der Waals surface area contributed by atoms with E-state index in [0.717, 1.165) is 38.5 Å². The molecule has 320 valence electrons. The summed E-state index contributed by atoms with van der Waals surface area (Å²) in [5.74, 6) is -0.703. The van der Waals surface area contributed by atoms with E-state index in [-0.39, 0.29) is 6.42 Å². The Morgan fingerprint density at radius 3 is 1.67 bits per heavy atom. The highest BCUT2D eigenvalue weighted by Crippen LogP contribution is 2.26. The first kappa shape index (κ1) is 50.8. The van der Waals surface area contributed by atoms with Crippen molar-refractivity contribution in [2.24, 2.45) is 0 Å². The lowest BCUT2D eigenvalue weighted by atomic mass is 9.99. The highest BCUT2D eigenvalue weighted by Gasteiger charge is 2.48. The summed E-state index contributed by atoms with van der Waals surface area (Å²) in [6.07, 6.45) is 20.2. The summed E-state index contributed by atoms with van der Waals surface area (Å²) in [5, 5.41) is 55.0. The Bertz CT molecular complexity index is 1050. The SMILES string of the molecule is CCCCCCCCCCCCC/C=C/C(O)C(COC1OC(CO)C(O)C(OS(=O)(=O)O)C1O)NC(=O)C(O)CCCCCCCCCCCCCC. The molecule has 0 aliphatic carbocycles. The summed E-state index contributed by atoms with van der Waals surface area (Å²) in [4.78, 5) is 13.0. The fourth-order valence-electron chi connectivity index (χ4n) is 6.75. The number of rotatable bonds is 35. The molecule has 0 aromatic carbocycles. The van der Waals surface area contributed by atoms with Gasteiger partial charge in [0.15, 0.2) is 6.29 Å². The lowest BCUT2D eigenvalue weighted by molar-refractivity contribution is -0.298. The number of aliphatic hydroxyl groups excluding tert-OH is 5. The van der Waals surface area contributed by atoms with Gasteiger partial charge >= 0.3 is 10.4 Å². The van der Waals surface area contributed by atoms with Gasteiger partial charge < -0.3 is 40.3 Å². The molecule has 7 N–H and O–H groups in total. The molecule has 14 heteroatoms. The van der Waals surface area contributed by atoms with E-state index in [1.807, 2.05) is 6.08 Å². The maximum absolute atomic E-state index is 13.0. The Hall–Kier alpha value is -1.20. The van der Waals surface area contributed by atoms with Crippen LogP contribution in [0.2, 0.25) is 0 Å². The van der Waals surface area contributed by atoms with E-state index in [0.29, 0.717) is 12.8 Å². The highest BCUT2D eigenvalue weighted by atomic mass is 32.3. The number of nitrogens with one attached hydrogen (secondary N) is 1. The largest absolute Gasteiger partial charge is 0.397 e. The molecule has 1 aliphatic heterocycles. The first-order valence-corrected chi connectivity index (χ1v) is 22.5. The summed E-state index contributed by atoms with van der Waals surface area (Å²) in [5.41, 5.74) is 0. The number of allylic oxidation sites excluding steroid dienone is 1. The van der Waals surface area contributed by atoms with Crippen molar-refractivity contribution >= 4 is 16.3 Å². The van der Waals surface area contributed by atoms with Crippen LogP contribution in [0.3, 0.4) is 0 Å². The summed E-state index contributed by atoms with van der Waals surface area (Å²) < 4.78 is 47.3. The van der Waals surface area contributed by atoms with E-state index in [1.165, 1.54) is 109 Å². The zero-order chi connectivity index (χ0) is 40.0. The average Bonchev–Trinajstić information content (AvgIpc) is 3.14. The molecule has 13 nitrogen and oxygen atoms in total. The zero-order valence-corrected chi connectivity index (χ0v) is 34.2. The molecule has 0 bridgehead atoms. The van der Waals surface area contributed by atoms with Gasteiger partial charge in [-0.1, -0.05) is 167 Å². The fourth-order valence-corrected chi connectivity index (χ4v) is 7.26. The maximum atomic E-state index is 13.0. The predicted molar refractivity (Wildman–Crippen MR) is 210 cm³/mol. The van der Waals surface area contributed by atoms with Crippen LogP contribution in [0.1, 0.15) is 174 Å². The van der Waals surface area contributed by atoms with Gasteiger partial charge in [-0.25, -0.2) is 4.18 Å². The number of hydrogen-bond donors (Lipinski definition) is 7.